The highest BCUT2D eigenvalue weighted by molar-refractivity contribution is 5.39. The predicted octanol–water partition coefficient (Wildman–Crippen LogP) is 2.22. The van der Waals surface area contributed by atoms with E-state index < -0.39 is 0 Å². The van der Waals surface area contributed by atoms with E-state index in [1.807, 2.05) is 31.2 Å². The van der Waals surface area contributed by atoms with Crippen molar-refractivity contribution in [2.75, 3.05) is 26.4 Å². The molecule has 2 unspecified atom stereocenters. The van der Waals surface area contributed by atoms with E-state index in [2.05, 4.69) is 0 Å². The Kier molecular flexibility index (Phi) is 5.48. The largest absolute Gasteiger partial charge is 0.490 e. The van der Waals surface area contributed by atoms with Crippen molar-refractivity contribution in [2.24, 2.45) is 11.7 Å². The first kappa shape index (κ1) is 14.2. The molecule has 4 nitrogen and oxygen atoms in total. The fourth-order valence-electron chi connectivity index (χ4n) is 2.28. The number of nitrogens with two attached hydrogens (primary N) is 1. The van der Waals surface area contributed by atoms with Crippen LogP contribution in [-0.4, -0.2) is 32.5 Å². The lowest BCUT2D eigenvalue weighted by Crippen LogP contribution is -2.39. The molecule has 1 aromatic rings. The molecule has 0 bridgehead atoms. The van der Waals surface area contributed by atoms with E-state index in [9.17, 15) is 0 Å². The summed E-state index contributed by atoms with van der Waals surface area (Å²) in [5.41, 5.74) is 6.08. The van der Waals surface area contributed by atoms with Gasteiger partial charge in [-0.1, -0.05) is 12.1 Å². The molecule has 1 aliphatic heterocycles. The zero-order valence-corrected chi connectivity index (χ0v) is 11.5. The Labute approximate surface area is 114 Å². The number of ether oxygens (including phenoxy) is 3. The Hall–Kier alpha value is -1.26. The highest BCUT2D eigenvalue weighted by Crippen LogP contribution is 2.27. The first-order valence-corrected chi connectivity index (χ1v) is 6.99. The van der Waals surface area contributed by atoms with Gasteiger partial charge in [0, 0.05) is 18.6 Å². The Morgan fingerprint density at radius 2 is 2.00 bits per heavy atom. The number of rotatable bonds is 6. The Morgan fingerprint density at radius 1 is 1.26 bits per heavy atom. The third-order valence-electron chi connectivity index (χ3n) is 3.43. The molecule has 2 atom stereocenters. The summed E-state index contributed by atoms with van der Waals surface area (Å²) in [4.78, 5) is 0. The van der Waals surface area contributed by atoms with Gasteiger partial charge in [0.25, 0.3) is 0 Å². The number of para-hydroxylation sites is 2. The van der Waals surface area contributed by atoms with Crippen LogP contribution in [-0.2, 0) is 4.74 Å². The molecule has 106 valence electrons. The number of benzene rings is 1. The van der Waals surface area contributed by atoms with E-state index >= 15 is 0 Å². The highest BCUT2D eigenvalue weighted by Gasteiger charge is 2.22. The minimum Gasteiger partial charge on any atom is -0.490 e. The van der Waals surface area contributed by atoms with Crippen LogP contribution in [0.15, 0.2) is 24.3 Å². The van der Waals surface area contributed by atoms with E-state index in [4.69, 9.17) is 19.9 Å². The third kappa shape index (κ3) is 4.11. The lowest BCUT2D eigenvalue weighted by molar-refractivity contribution is 0.0334. The maximum Gasteiger partial charge on any atom is 0.161 e. The van der Waals surface area contributed by atoms with E-state index in [1.54, 1.807) is 0 Å². The van der Waals surface area contributed by atoms with Gasteiger partial charge in [0.05, 0.1) is 19.8 Å². The molecule has 2 N–H and O–H groups in total. The van der Waals surface area contributed by atoms with Crippen LogP contribution in [0, 0.1) is 5.92 Å². The van der Waals surface area contributed by atoms with Gasteiger partial charge in [-0.3, -0.25) is 0 Å². The minimum atomic E-state index is 0.236. The van der Waals surface area contributed by atoms with Gasteiger partial charge in [-0.2, -0.15) is 0 Å². The molecule has 0 radical (unpaired) electrons. The summed E-state index contributed by atoms with van der Waals surface area (Å²) in [6, 6.07) is 7.99. The van der Waals surface area contributed by atoms with Crippen molar-refractivity contribution < 1.29 is 14.2 Å². The summed E-state index contributed by atoms with van der Waals surface area (Å²) in [7, 11) is 0. The van der Waals surface area contributed by atoms with Crippen LogP contribution in [0.3, 0.4) is 0 Å². The van der Waals surface area contributed by atoms with Gasteiger partial charge in [-0.15, -0.1) is 0 Å². The molecule has 0 aromatic heterocycles. The Bertz CT molecular complexity index is 383. The molecule has 19 heavy (non-hydrogen) atoms. The van der Waals surface area contributed by atoms with Crippen LogP contribution in [0.25, 0.3) is 0 Å². The zero-order valence-electron chi connectivity index (χ0n) is 11.5. The Morgan fingerprint density at radius 3 is 2.68 bits per heavy atom. The summed E-state index contributed by atoms with van der Waals surface area (Å²) in [6.45, 7) is 4.78. The summed E-state index contributed by atoms with van der Waals surface area (Å²) < 4.78 is 16.8. The minimum absolute atomic E-state index is 0.236. The molecule has 1 fully saturated rings. The third-order valence-corrected chi connectivity index (χ3v) is 3.43. The average Bonchev–Trinajstić information content (AvgIpc) is 2.43. The van der Waals surface area contributed by atoms with E-state index in [1.165, 1.54) is 0 Å². The second-order valence-corrected chi connectivity index (χ2v) is 4.80. The van der Waals surface area contributed by atoms with Crippen LogP contribution in [0.5, 0.6) is 11.5 Å². The van der Waals surface area contributed by atoms with Crippen LogP contribution in [0.1, 0.15) is 19.8 Å². The van der Waals surface area contributed by atoms with Crippen LogP contribution in [0.4, 0.5) is 0 Å². The monoisotopic (exact) mass is 265 g/mol. The standard InChI is InChI=1S/C15H23NO3/c1-2-18-14-5-3-4-6-15(14)19-10-7-12-11-17-9-8-13(12)16/h3-6,12-13H,2,7-11,16H2,1H3. The number of hydrogen-bond donors (Lipinski definition) is 1. The molecule has 0 saturated carbocycles. The molecule has 0 spiro atoms. The van der Waals surface area contributed by atoms with Gasteiger partial charge < -0.3 is 19.9 Å². The quantitative estimate of drug-likeness (QED) is 0.857. The van der Waals surface area contributed by atoms with Gasteiger partial charge in [0.2, 0.25) is 0 Å². The maximum absolute atomic E-state index is 6.08. The van der Waals surface area contributed by atoms with Gasteiger partial charge in [-0.05, 0) is 31.9 Å². The summed E-state index contributed by atoms with van der Waals surface area (Å²) in [5, 5.41) is 0. The molecule has 4 heteroatoms. The topological polar surface area (TPSA) is 53.7 Å². The van der Waals surface area contributed by atoms with E-state index in [0.717, 1.165) is 37.6 Å². The molecule has 1 aliphatic rings. The Balaban J connectivity index is 1.81. The van der Waals surface area contributed by atoms with Crippen molar-refractivity contribution in [3.8, 4) is 11.5 Å². The smallest absolute Gasteiger partial charge is 0.161 e. The lowest BCUT2D eigenvalue weighted by atomic mass is 9.94. The van der Waals surface area contributed by atoms with Crippen LogP contribution < -0.4 is 15.2 Å². The van der Waals surface area contributed by atoms with Crippen molar-refractivity contribution >= 4 is 0 Å². The molecular formula is C15H23NO3. The molecule has 0 aliphatic carbocycles. The summed E-state index contributed by atoms with van der Waals surface area (Å²) in [6.07, 6.45) is 1.86. The van der Waals surface area contributed by atoms with Crippen molar-refractivity contribution in [3.63, 3.8) is 0 Å². The molecule has 2 rings (SSSR count). The summed E-state index contributed by atoms with van der Waals surface area (Å²) in [5.74, 6) is 2.00. The van der Waals surface area contributed by atoms with Crippen LogP contribution >= 0.6 is 0 Å². The van der Waals surface area contributed by atoms with Crippen molar-refractivity contribution in [1.29, 1.82) is 0 Å². The van der Waals surface area contributed by atoms with E-state index in [0.29, 0.717) is 19.1 Å². The van der Waals surface area contributed by atoms with E-state index in [-0.39, 0.29) is 6.04 Å². The summed E-state index contributed by atoms with van der Waals surface area (Å²) >= 11 is 0. The molecular weight excluding hydrogens is 242 g/mol. The van der Waals surface area contributed by atoms with Gasteiger partial charge >= 0.3 is 0 Å². The van der Waals surface area contributed by atoms with Gasteiger partial charge in [0.15, 0.2) is 11.5 Å². The fourth-order valence-corrected chi connectivity index (χ4v) is 2.28. The van der Waals surface area contributed by atoms with Gasteiger partial charge in [-0.25, -0.2) is 0 Å². The SMILES string of the molecule is CCOc1ccccc1OCCC1COCCC1N. The zero-order chi connectivity index (χ0) is 13.5. The van der Waals surface area contributed by atoms with Gasteiger partial charge in [0.1, 0.15) is 0 Å². The fraction of sp³-hybridized carbons (Fsp3) is 0.600. The van der Waals surface area contributed by atoms with Crippen molar-refractivity contribution in [3.05, 3.63) is 24.3 Å². The first-order valence-electron chi connectivity index (χ1n) is 6.99. The molecule has 1 aromatic carbocycles. The molecule has 1 saturated heterocycles. The van der Waals surface area contributed by atoms with Crippen molar-refractivity contribution in [2.45, 2.75) is 25.8 Å². The second-order valence-electron chi connectivity index (χ2n) is 4.80. The highest BCUT2D eigenvalue weighted by atomic mass is 16.5. The number of hydrogen-bond acceptors (Lipinski definition) is 4. The first-order chi connectivity index (χ1) is 9.31. The second kappa shape index (κ2) is 7.36. The predicted molar refractivity (Wildman–Crippen MR) is 74.6 cm³/mol. The lowest BCUT2D eigenvalue weighted by Gasteiger charge is -2.28. The van der Waals surface area contributed by atoms with Crippen molar-refractivity contribution in [1.82, 2.24) is 0 Å². The van der Waals surface area contributed by atoms with Crippen LogP contribution in [0.2, 0.25) is 0 Å². The molecule has 1 heterocycles. The average molecular weight is 265 g/mol. The normalized spacial score (nSPS) is 23.1. The molecule has 0 amide bonds. The maximum atomic E-state index is 6.08.